The van der Waals surface area contributed by atoms with Crippen LogP contribution in [0.1, 0.15) is 17.8 Å². The van der Waals surface area contributed by atoms with Crippen molar-refractivity contribution in [3.05, 3.63) is 34.7 Å². The molecule has 0 saturated carbocycles. The number of pyridine rings is 1. The Kier molecular flexibility index (Phi) is 3.81. The molecule has 0 amide bonds. The van der Waals surface area contributed by atoms with E-state index in [9.17, 15) is 4.39 Å². The summed E-state index contributed by atoms with van der Waals surface area (Å²) in [6, 6.07) is 1.45. The number of thiazole rings is 1. The zero-order chi connectivity index (χ0) is 12.3. The van der Waals surface area contributed by atoms with E-state index in [1.54, 1.807) is 17.5 Å². The van der Waals surface area contributed by atoms with E-state index in [-0.39, 0.29) is 5.82 Å². The van der Waals surface area contributed by atoms with Crippen molar-refractivity contribution in [2.24, 2.45) is 0 Å². The highest BCUT2D eigenvalue weighted by atomic mass is 32.1. The highest BCUT2D eigenvalue weighted by Gasteiger charge is 2.11. The summed E-state index contributed by atoms with van der Waals surface area (Å²) in [4.78, 5) is 8.34. The van der Waals surface area contributed by atoms with Crippen molar-refractivity contribution < 1.29 is 4.39 Å². The second kappa shape index (κ2) is 5.33. The van der Waals surface area contributed by atoms with Gasteiger partial charge in [0, 0.05) is 29.6 Å². The highest BCUT2D eigenvalue weighted by Crippen LogP contribution is 2.25. The molecule has 2 aromatic heterocycles. The van der Waals surface area contributed by atoms with Crippen LogP contribution in [0.4, 0.5) is 4.39 Å². The van der Waals surface area contributed by atoms with E-state index in [0.717, 1.165) is 22.8 Å². The molecule has 1 unspecified atom stereocenters. The maximum atomic E-state index is 13.0. The van der Waals surface area contributed by atoms with E-state index in [0.29, 0.717) is 5.92 Å². The molecule has 3 nitrogen and oxygen atoms in total. The average Bonchev–Trinajstić information content (AvgIpc) is 2.78. The van der Waals surface area contributed by atoms with Gasteiger partial charge in [0.05, 0.1) is 16.9 Å². The Morgan fingerprint density at radius 2 is 2.29 bits per heavy atom. The number of nitrogens with one attached hydrogen (secondary N) is 1. The second-order valence-electron chi connectivity index (χ2n) is 3.92. The monoisotopic (exact) mass is 251 g/mol. The van der Waals surface area contributed by atoms with Crippen molar-refractivity contribution >= 4 is 11.3 Å². The lowest BCUT2D eigenvalue weighted by molar-refractivity contribution is 0.622. The number of nitrogens with zero attached hydrogens (tertiary/aromatic N) is 2. The summed E-state index contributed by atoms with van der Waals surface area (Å²) in [5, 5.41) is 6.12. The van der Waals surface area contributed by atoms with Crippen LogP contribution in [0.3, 0.4) is 0 Å². The maximum Gasteiger partial charge on any atom is 0.142 e. The molecule has 2 heterocycles. The SMILES string of the molecule is CNCC(C)c1nc(-c2cncc(F)c2)cs1. The van der Waals surface area contributed by atoms with Gasteiger partial charge >= 0.3 is 0 Å². The molecule has 1 atom stereocenters. The van der Waals surface area contributed by atoms with Gasteiger partial charge in [-0.2, -0.15) is 0 Å². The standard InChI is InChI=1S/C12H14FN3S/c1-8(4-14-2)12-16-11(7-17-12)9-3-10(13)6-15-5-9/h3,5-8,14H,4H2,1-2H3. The first kappa shape index (κ1) is 12.1. The Labute approximate surface area is 104 Å². The Hall–Kier alpha value is -1.33. The van der Waals surface area contributed by atoms with E-state index in [1.165, 1.54) is 12.3 Å². The van der Waals surface area contributed by atoms with Crippen molar-refractivity contribution in [1.29, 1.82) is 0 Å². The number of hydrogen-bond donors (Lipinski definition) is 1. The molecule has 17 heavy (non-hydrogen) atoms. The van der Waals surface area contributed by atoms with Crippen LogP contribution in [0.15, 0.2) is 23.8 Å². The summed E-state index contributed by atoms with van der Waals surface area (Å²) in [7, 11) is 1.92. The first-order chi connectivity index (χ1) is 8.20. The lowest BCUT2D eigenvalue weighted by Crippen LogP contribution is -2.14. The summed E-state index contributed by atoms with van der Waals surface area (Å²) in [6.07, 6.45) is 2.82. The summed E-state index contributed by atoms with van der Waals surface area (Å²) in [6.45, 7) is 3.00. The Balaban J connectivity index is 2.23. The lowest BCUT2D eigenvalue weighted by atomic mass is 10.2. The van der Waals surface area contributed by atoms with Gasteiger partial charge in [-0.1, -0.05) is 6.92 Å². The normalized spacial score (nSPS) is 12.6. The van der Waals surface area contributed by atoms with Gasteiger partial charge in [-0.3, -0.25) is 4.98 Å². The summed E-state index contributed by atoms with van der Waals surface area (Å²) >= 11 is 1.60. The molecule has 90 valence electrons. The molecular weight excluding hydrogens is 237 g/mol. The smallest absolute Gasteiger partial charge is 0.142 e. The lowest BCUT2D eigenvalue weighted by Gasteiger charge is -2.05. The first-order valence-electron chi connectivity index (χ1n) is 5.41. The molecular formula is C12H14FN3S. The van der Waals surface area contributed by atoms with E-state index < -0.39 is 0 Å². The topological polar surface area (TPSA) is 37.8 Å². The molecule has 0 fully saturated rings. The van der Waals surface area contributed by atoms with Gasteiger partial charge in [0.2, 0.25) is 0 Å². The quantitative estimate of drug-likeness (QED) is 0.907. The van der Waals surface area contributed by atoms with Crippen LogP contribution in [0, 0.1) is 5.82 Å². The molecule has 2 aromatic rings. The van der Waals surface area contributed by atoms with Crippen LogP contribution in [-0.4, -0.2) is 23.6 Å². The molecule has 5 heteroatoms. The number of rotatable bonds is 4. The Morgan fingerprint density at radius 1 is 1.47 bits per heavy atom. The molecule has 0 bridgehead atoms. The van der Waals surface area contributed by atoms with Crippen molar-refractivity contribution in [3.63, 3.8) is 0 Å². The predicted octanol–water partition coefficient (Wildman–Crippen LogP) is 2.67. The van der Waals surface area contributed by atoms with Gasteiger partial charge in [-0.05, 0) is 13.1 Å². The molecule has 0 aliphatic rings. The van der Waals surface area contributed by atoms with Crippen LogP contribution in [0.25, 0.3) is 11.3 Å². The third kappa shape index (κ3) is 2.87. The van der Waals surface area contributed by atoms with Gasteiger partial charge in [0.25, 0.3) is 0 Å². The van der Waals surface area contributed by atoms with Crippen LogP contribution in [-0.2, 0) is 0 Å². The fraction of sp³-hybridized carbons (Fsp3) is 0.333. The number of aromatic nitrogens is 2. The molecule has 0 radical (unpaired) electrons. The van der Waals surface area contributed by atoms with Crippen molar-refractivity contribution in [3.8, 4) is 11.3 Å². The number of halogens is 1. The minimum absolute atomic E-state index is 0.333. The zero-order valence-electron chi connectivity index (χ0n) is 9.77. The number of hydrogen-bond acceptors (Lipinski definition) is 4. The molecule has 0 saturated heterocycles. The van der Waals surface area contributed by atoms with Gasteiger partial charge < -0.3 is 5.32 Å². The van der Waals surface area contributed by atoms with Gasteiger partial charge in [-0.15, -0.1) is 11.3 Å². The van der Waals surface area contributed by atoms with Crippen LogP contribution in [0.2, 0.25) is 0 Å². The fourth-order valence-corrected chi connectivity index (χ4v) is 2.48. The van der Waals surface area contributed by atoms with E-state index >= 15 is 0 Å². The van der Waals surface area contributed by atoms with Crippen molar-refractivity contribution in [2.75, 3.05) is 13.6 Å². The fourth-order valence-electron chi connectivity index (χ4n) is 1.59. The summed E-state index contributed by atoms with van der Waals surface area (Å²) in [5.41, 5.74) is 1.52. The minimum atomic E-state index is -0.333. The molecule has 2 rings (SSSR count). The van der Waals surface area contributed by atoms with Gasteiger partial charge in [0.1, 0.15) is 5.82 Å². The van der Waals surface area contributed by atoms with E-state index in [1.807, 2.05) is 12.4 Å². The van der Waals surface area contributed by atoms with Crippen LogP contribution in [0.5, 0.6) is 0 Å². The predicted molar refractivity (Wildman–Crippen MR) is 67.6 cm³/mol. The average molecular weight is 251 g/mol. The summed E-state index contributed by atoms with van der Waals surface area (Å²) in [5.74, 6) is 0.0283. The highest BCUT2D eigenvalue weighted by molar-refractivity contribution is 7.10. The van der Waals surface area contributed by atoms with E-state index in [2.05, 4.69) is 22.2 Å². The summed E-state index contributed by atoms with van der Waals surface area (Å²) < 4.78 is 13.0. The molecule has 0 spiro atoms. The third-order valence-electron chi connectivity index (χ3n) is 2.45. The first-order valence-corrected chi connectivity index (χ1v) is 6.29. The van der Waals surface area contributed by atoms with Gasteiger partial charge in [-0.25, -0.2) is 9.37 Å². The number of likely N-dealkylation sites (N-methyl/N-ethyl adjacent to an activating group) is 1. The third-order valence-corrected chi connectivity index (χ3v) is 3.53. The van der Waals surface area contributed by atoms with Crippen LogP contribution < -0.4 is 5.32 Å². The molecule has 0 aliphatic carbocycles. The molecule has 0 aromatic carbocycles. The maximum absolute atomic E-state index is 13.0. The van der Waals surface area contributed by atoms with E-state index in [4.69, 9.17) is 0 Å². The Bertz CT molecular complexity index is 498. The zero-order valence-corrected chi connectivity index (χ0v) is 10.6. The molecule has 0 aliphatic heterocycles. The molecule has 1 N–H and O–H groups in total. The Morgan fingerprint density at radius 3 is 3.00 bits per heavy atom. The largest absolute Gasteiger partial charge is 0.319 e. The van der Waals surface area contributed by atoms with Crippen molar-refractivity contribution in [1.82, 2.24) is 15.3 Å². The second-order valence-corrected chi connectivity index (χ2v) is 4.81. The van der Waals surface area contributed by atoms with Crippen molar-refractivity contribution in [2.45, 2.75) is 12.8 Å². The minimum Gasteiger partial charge on any atom is -0.319 e. The van der Waals surface area contributed by atoms with Crippen LogP contribution >= 0.6 is 11.3 Å². The van der Waals surface area contributed by atoms with Gasteiger partial charge in [0.15, 0.2) is 0 Å².